The Bertz CT molecular complexity index is 846. The SMILES string of the molecule is CN=c1scc(-c2ccc(Br)cc2)n1/N=C\c1ccccc1. The van der Waals surface area contributed by atoms with Gasteiger partial charge in [0.25, 0.3) is 0 Å². The van der Waals surface area contributed by atoms with Crippen LogP contribution in [0.3, 0.4) is 0 Å². The van der Waals surface area contributed by atoms with Gasteiger partial charge in [0.15, 0.2) is 0 Å². The van der Waals surface area contributed by atoms with E-state index in [1.54, 1.807) is 18.4 Å². The van der Waals surface area contributed by atoms with Crippen molar-refractivity contribution in [1.29, 1.82) is 0 Å². The van der Waals surface area contributed by atoms with Crippen molar-refractivity contribution >= 4 is 33.5 Å². The lowest BCUT2D eigenvalue weighted by Crippen LogP contribution is -2.11. The number of halogens is 1. The summed E-state index contributed by atoms with van der Waals surface area (Å²) in [6, 6.07) is 18.2. The summed E-state index contributed by atoms with van der Waals surface area (Å²) in [5, 5.41) is 6.68. The molecule has 3 rings (SSSR count). The van der Waals surface area contributed by atoms with Crippen molar-refractivity contribution in [1.82, 2.24) is 4.68 Å². The first kappa shape index (κ1) is 14.9. The fourth-order valence-electron chi connectivity index (χ4n) is 2.04. The predicted octanol–water partition coefficient (Wildman–Crippen LogP) is 4.39. The van der Waals surface area contributed by atoms with E-state index in [9.17, 15) is 0 Å². The van der Waals surface area contributed by atoms with E-state index in [4.69, 9.17) is 0 Å². The Morgan fingerprint density at radius 3 is 2.45 bits per heavy atom. The van der Waals surface area contributed by atoms with Gasteiger partial charge in [0.05, 0.1) is 11.9 Å². The highest BCUT2D eigenvalue weighted by atomic mass is 79.9. The van der Waals surface area contributed by atoms with Gasteiger partial charge in [0, 0.05) is 22.5 Å². The molecule has 1 aromatic heterocycles. The quantitative estimate of drug-likeness (QED) is 0.611. The van der Waals surface area contributed by atoms with Crippen molar-refractivity contribution in [3.8, 4) is 11.3 Å². The number of aromatic nitrogens is 1. The monoisotopic (exact) mass is 371 g/mol. The van der Waals surface area contributed by atoms with Gasteiger partial charge >= 0.3 is 0 Å². The third-order valence-corrected chi connectivity index (χ3v) is 4.57. The average Bonchev–Trinajstić information content (AvgIpc) is 2.97. The molecular weight excluding hydrogens is 358 g/mol. The maximum atomic E-state index is 4.60. The smallest absolute Gasteiger partial charge is 0.205 e. The summed E-state index contributed by atoms with van der Waals surface area (Å²) in [5.41, 5.74) is 3.20. The van der Waals surface area contributed by atoms with Crippen LogP contribution in [0.1, 0.15) is 5.56 Å². The van der Waals surface area contributed by atoms with Crippen molar-refractivity contribution in [2.24, 2.45) is 10.1 Å². The molecule has 0 aliphatic rings. The number of hydrogen-bond donors (Lipinski definition) is 0. The summed E-state index contributed by atoms with van der Waals surface area (Å²) in [7, 11) is 1.78. The molecule has 22 heavy (non-hydrogen) atoms. The number of thiazole rings is 1. The van der Waals surface area contributed by atoms with E-state index in [2.05, 4.69) is 43.5 Å². The van der Waals surface area contributed by atoms with E-state index in [1.165, 1.54) is 0 Å². The van der Waals surface area contributed by atoms with E-state index in [0.29, 0.717) is 0 Å². The molecule has 0 N–H and O–H groups in total. The van der Waals surface area contributed by atoms with Crippen LogP contribution >= 0.6 is 27.3 Å². The molecule has 0 aliphatic carbocycles. The Morgan fingerprint density at radius 1 is 1.05 bits per heavy atom. The average molecular weight is 372 g/mol. The van der Waals surface area contributed by atoms with Crippen LogP contribution in [0.15, 0.2) is 74.5 Å². The van der Waals surface area contributed by atoms with Crippen molar-refractivity contribution in [2.75, 3.05) is 7.05 Å². The van der Waals surface area contributed by atoms with Gasteiger partial charge in [-0.25, -0.2) is 4.68 Å². The fraction of sp³-hybridized carbons (Fsp3) is 0.0588. The van der Waals surface area contributed by atoms with E-state index < -0.39 is 0 Å². The molecule has 0 amide bonds. The van der Waals surface area contributed by atoms with Crippen molar-refractivity contribution < 1.29 is 0 Å². The highest BCUT2D eigenvalue weighted by Gasteiger charge is 2.06. The summed E-state index contributed by atoms with van der Waals surface area (Å²) in [6.45, 7) is 0. The first-order valence-electron chi connectivity index (χ1n) is 6.76. The van der Waals surface area contributed by atoms with Crippen LogP contribution < -0.4 is 4.80 Å². The maximum Gasteiger partial charge on any atom is 0.205 e. The first-order chi connectivity index (χ1) is 10.8. The molecule has 0 fully saturated rings. The third-order valence-electron chi connectivity index (χ3n) is 3.14. The van der Waals surface area contributed by atoms with Gasteiger partial charge in [0.2, 0.25) is 4.80 Å². The van der Waals surface area contributed by atoms with Gasteiger partial charge in [-0.15, -0.1) is 11.3 Å². The first-order valence-corrected chi connectivity index (χ1v) is 8.44. The van der Waals surface area contributed by atoms with E-state index in [1.807, 2.05) is 53.4 Å². The second kappa shape index (κ2) is 6.85. The van der Waals surface area contributed by atoms with Gasteiger partial charge in [-0.2, -0.15) is 5.10 Å². The highest BCUT2D eigenvalue weighted by Crippen LogP contribution is 2.22. The van der Waals surface area contributed by atoms with Crippen LogP contribution in [0.25, 0.3) is 11.3 Å². The zero-order chi connectivity index (χ0) is 15.4. The number of rotatable bonds is 3. The number of hydrogen-bond acceptors (Lipinski definition) is 3. The summed E-state index contributed by atoms with van der Waals surface area (Å²) < 4.78 is 2.94. The Balaban J connectivity index is 2.05. The molecule has 0 saturated heterocycles. The molecule has 0 saturated carbocycles. The topological polar surface area (TPSA) is 29.6 Å². The fourth-order valence-corrected chi connectivity index (χ4v) is 3.11. The minimum Gasteiger partial charge on any atom is -0.261 e. The zero-order valence-corrected chi connectivity index (χ0v) is 14.4. The minimum absolute atomic E-state index is 0.866. The summed E-state index contributed by atoms with van der Waals surface area (Å²) >= 11 is 5.05. The normalized spacial score (nSPS) is 12.2. The van der Waals surface area contributed by atoms with Crippen LogP contribution in [0, 0.1) is 0 Å². The summed E-state index contributed by atoms with van der Waals surface area (Å²) in [6.07, 6.45) is 1.85. The van der Waals surface area contributed by atoms with Crippen LogP contribution in [0.4, 0.5) is 0 Å². The number of benzene rings is 2. The zero-order valence-electron chi connectivity index (χ0n) is 12.0. The molecule has 5 heteroatoms. The van der Waals surface area contributed by atoms with Gasteiger partial charge in [-0.05, 0) is 17.7 Å². The highest BCUT2D eigenvalue weighted by molar-refractivity contribution is 9.10. The molecule has 0 bridgehead atoms. The largest absolute Gasteiger partial charge is 0.261 e. The molecule has 3 aromatic rings. The van der Waals surface area contributed by atoms with Crippen molar-refractivity contribution in [3.05, 3.63) is 74.8 Å². The molecule has 2 aromatic carbocycles. The lowest BCUT2D eigenvalue weighted by atomic mass is 10.2. The standard InChI is InChI=1S/C17H14BrN3S/c1-19-17-21(20-11-13-5-3-2-4-6-13)16(12-22-17)14-7-9-15(18)10-8-14/h2-12H,1H3/b19-17?,20-11-. The maximum absolute atomic E-state index is 4.60. The van der Waals surface area contributed by atoms with Crippen LogP contribution in [0.2, 0.25) is 0 Å². The molecule has 0 radical (unpaired) electrons. The Hall–Kier alpha value is -1.98. The molecule has 0 spiro atoms. The van der Waals surface area contributed by atoms with Crippen LogP contribution in [-0.4, -0.2) is 17.9 Å². The van der Waals surface area contributed by atoms with E-state index in [0.717, 1.165) is 26.1 Å². The van der Waals surface area contributed by atoms with Crippen LogP contribution in [-0.2, 0) is 0 Å². The van der Waals surface area contributed by atoms with Crippen LogP contribution in [0.5, 0.6) is 0 Å². The summed E-state index contributed by atoms with van der Waals surface area (Å²) in [4.78, 5) is 5.17. The Morgan fingerprint density at radius 2 is 1.77 bits per heavy atom. The molecule has 110 valence electrons. The lowest BCUT2D eigenvalue weighted by molar-refractivity contribution is 0.848. The number of nitrogens with zero attached hydrogens (tertiary/aromatic N) is 3. The third kappa shape index (κ3) is 3.26. The molecule has 3 nitrogen and oxygen atoms in total. The van der Waals surface area contributed by atoms with Crippen molar-refractivity contribution in [3.63, 3.8) is 0 Å². The molecular formula is C17H14BrN3S. The van der Waals surface area contributed by atoms with Gasteiger partial charge < -0.3 is 0 Å². The second-order valence-corrected chi connectivity index (χ2v) is 6.35. The molecule has 0 atom stereocenters. The minimum atomic E-state index is 0.866. The Kier molecular flexibility index (Phi) is 4.65. The molecule has 0 aliphatic heterocycles. The molecule has 0 unspecified atom stereocenters. The van der Waals surface area contributed by atoms with E-state index in [-0.39, 0.29) is 0 Å². The predicted molar refractivity (Wildman–Crippen MR) is 96.4 cm³/mol. The van der Waals surface area contributed by atoms with E-state index >= 15 is 0 Å². The Labute approximate surface area is 141 Å². The lowest BCUT2D eigenvalue weighted by Gasteiger charge is -2.03. The van der Waals surface area contributed by atoms with Crippen molar-refractivity contribution in [2.45, 2.75) is 0 Å². The van der Waals surface area contributed by atoms with Gasteiger partial charge in [-0.1, -0.05) is 58.4 Å². The summed E-state index contributed by atoms with van der Waals surface area (Å²) in [5.74, 6) is 0. The van der Waals surface area contributed by atoms with Gasteiger partial charge in [0.1, 0.15) is 0 Å². The van der Waals surface area contributed by atoms with Gasteiger partial charge in [-0.3, -0.25) is 4.99 Å². The molecule has 1 heterocycles. The second-order valence-electron chi connectivity index (χ2n) is 4.60.